The summed E-state index contributed by atoms with van der Waals surface area (Å²) in [6.45, 7) is 1.69. The van der Waals surface area contributed by atoms with Crippen LogP contribution < -0.4 is 0 Å². The van der Waals surface area contributed by atoms with Gasteiger partial charge in [0.1, 0.15) is 11.5 Å². The lowest BCUT2D eigenvalue weighted by Gasteiger charge is -2.03. The van der Waals surface area contributed by atoms with Crippen LogP contribution in [0.25, 0.3) is 10.8 Å². The summed E-state index contributed by atoms with van der Waals surface area (Å²) in [6.07, 6.45) is 2.19. The van der Waals surface area contributed by atoms with Gasteiger partial charge in [0.25, 0.3) is 0 Å². The molecule has 0 unspecified atom stereocenters. The molecule has 1 aromatic heterocycles. The minimum absolute atomic E-state index is 0.263. The molecule has 0 aliphatic heterocycles. The molecule has 70 valence electrons. The van der Waals surface area contributed by atoms with Crippen molar-refractivity contribution in [2.24, 2.45) is 0 Å². The van der Waals surface area contributed by atoms with Crippen molar-refractivity contribution >= 4 is 17.1 Å². The fourth-order valence-corrected chi connectivity index (χ4v) is 1.50. The first-order chi connectivity index (χ1) is 6.74. The van der Waals surface area contributed by atoms with Gasteiger partial charge in [0.05, 0.1) is 0 Å². The molecule has 0 fully saturated rings. The number of benzene rings is 1. The summed E-state index contributed by atoms with van der Waals surface area (Å²) in [5.41, 5.74) is 0.901. The SMILES string of the molecule is Cc1c(F)ccc2c(C=O)nccc12. The third-order valence-electron chi connectivity index (χ3n) is 2.29. The third kappa shape index (κ3) is 1.18. The van der Waals surface area contributed by atoms with Crippen molar-refractivity contribution < 1.29 is 9.18 Å². The molecule has 1 heterocycles. The Kier molecular flexibility index (Phi) is 2.00. The van der Waals surface area contributed by atoms with Crippen LogP contribution >= 0.6 is 0 Å². The summed E-state index contributed by atoms with van der Waals surface area (Å²) in [4.78, 5) is 14.6. The van der Waals surface area contributed by atoms with Gasteiger partial charge in [0, 0.05) is 11.6 Å². The zero-order chi connectivity index (χ0) is 10.1. The van der Waals surface area contributed by atoms with Gasteiger partial charge in [-0.1, -0.05) is 0 Å². The topological polar surface area (TPSA) is 30.0 Å². The Hall–Kier alpha value is -1.77. The minimum atomic E-state index is -0.263. The van der Waals surface area contributed by atoms with Crippen molar-refractivity contribution in [3.05, 3.63) is 41.5 Å². The van der Waals surface area contributed by atoms with Gasteiger partial charge in [-0.3, -0.25) is 9.78 Å². The summed E-state index contributed by atoms with van der Waals surface area (Å²) >= 11 is 0. The van der Waals surface area contributed by atoms with Crippen LogP contribution in [0.5, 0.6) is 0 Å². The van der Waals surface area contributed by atoms with Crippen LogP contribution in [0.1, 0.15) is 16.1 Å². The second-order valence-electron chi connectivity index (χ2n) is 3.08. The average Bonchev–Trinajstić information content (AvgIpc) is 2.23. The van der Waals surface area contributed by atoms with Crippen LogP contribution in [0, 0.1) is 12.7 Å². The van der Waals surface area contributed by atoms with Gasteiger partial charge >= 0.3 is 0 Å². The fourth-order valence-electron chi connectivity index (χ4n) is 1.50. The highest BCUT2D eigenvalue weighted by atomic mass is 19.1. The summed E-state index contributed by atoms with van der Waals surface area (Å²) in [7, 11) is 0. The molecule has 2 aromatic rings. The smallest absolute Gasteiger partial charge is 0.169 e. The number of pyridine rings is 1. The van der Waals surface area contributed by atoms with Gasteiger partial charge in [-0.15, -0.1) is 0 Å². The molecule has 0 radical (unpaired) electrons. The van der Waals surface area contributed by atoms with Crippen LogP contribution in [-0.2, 0) is 0 Å². The van der Waals surface area contributed by atoms with E-state index in [1.807, 2.05) is 0 Å². The Morgan fingerprint density at radius 2 is 2.07 bits per heavy atom. The fraction of sp³-hybridized carbons (Fsp3) is 0.0909. The van der Waals surface area contributed by atoms with E-state index >= 15 is 0 Å². The van der Waals surface area contributed by atoms with Crippen molar-refractivity contribution in [2.75, 3.05) is 0 Å². The van der Waals surface area contributed by atoms with E-state index in [9.17, 15) is 9.18 Å². The second-order valence-corrected chi connectivity index (χ2v) is 3.08. The van der Waals surface area contributed by atoms with Gasteiger partial charge in [-0.25, -0.2) is 4.39 Å². The maximum absolute atomic E-state index is 13.2. The summed E-state index contributed by atoms with van der Waals surface area (Å²) in [6, 6.07) is 4.64. The highest BCUT2D eigenvalue weighted by molar-refractivity contribution is 5.97. The van der Waals surface area contributed by atoms with Crippen molar-refractivity contribution in [1.82, 2.24) is 4.98 Å². The zero-order valence-corrected chi connectivity index (χ0v) is 7.62. The number of carbonyl (C=O) groups is 1. The van der Waals surface area contributed by atoms with E-state index in [0.717, 1.165) is 5.39 Å². The number of halogens is 1. The molecule has 14 heavy (non-hydrogen) atoms. The van der Waals surface area contributed by atoms with Gasteiger partial charge in [-0.2, -0.15) is 0 Å². The monoisotopic (exact) mass is 189 g/mol. The molecule has 3 heteroatoms. The van der Waals surface area contributed by atoms with Gasteiger partial charge in [0.2, 0.25) is 0 Å². The number of aryl methyl sites for hydroxylation is 1. The summed E-state index contributed by atoms with van der Waals surface area (Å²) in [5.74, 6) is -0.263. The van der Waals surface area contributed by atoms with E-state index in [0.29, 0.717) is 22.9 Å². The van der Waals surface area contributed by atoms with Crippen molar-refractivity contribution in [3.63, 3.8) is 0 Å². The standard InChI is InChI=1S/C11H8FNO/c1-7-8-4-5-13-11(6-14)9(8)2-3-10(7)12/h2-6H,1H3. The molecule has 0 aliphatic rings. The molecule has 0 bridgehead atoms. The highest BCUT2D eigenvalue weighted by Crippen LogP contribution is 2.21. The quantitative estimate of drug-likeness (QED) is 0.645. The molecule has 0 atom stereocenters. The predicted octanol–water partition coefficient (Wildman–Crippen LogP) is 2.49. The van der Waals surface area contributed by atoms with Gasteiger partial charge in [-0.05, 0) is 36.1 Å². The third-order valence-corrected chi connectivity index (χ3v) is 2.29. The Balaban J connectivity index is 2.92. The first kappa shape index (κ1) is 8.81. The maximum Gasteiger partial charge on any atom is 0.169 e. The molecule has 0 N–H and O–H groups in total. The number of rotatable bonds is 1. The lowest BCUT2D eigenvalue weighted by molar-refractivity contribution is 0.112. The van der Waals surface area contributed by atoms with Gasteiger partial charge < -0.3 is 0 Å². The van der Waals surface area contributed by atoms with Crippen molar-refractivity contribution in [2.45, 2.75) is 6.92 Å². The summed E-state index contributed by atoms with van der Waals surface area (Å²) < 4.78 is 13.2. The Bertz CT molecular complexity index is 508. The van der Waals surface area contributed by atoms with E-state index in [-0.39, 0.29) is 5.82 Å². The number of aldehydes is 1. The zero-order valence-electron chi connectivity index (χ0n) is 7.62. The Morgan fingerprint density at radius 1 is 1.29 bits per heavy atom. The Labute approximate surface area is 80.4 Å². The molecule has 0 aliphatic carbocycles. The number of aromatic nitrogens is 1. The lowest BCUT2D eigenvalue weighted by Crippen LogP contribution is -1.91. The number of nitrogens with zero attached hydrogens (tertiary/aromatic N) is 1. The van der Waals surface area contributed by atoms with Crippen LogP contribution in [0.3, 0.4) is 0 Å². The van der Waals surface area contributed by atoms with E-state index < -0.39 is 0 Å². The first-order valence-corrected chi connectivity index (χ1v) is 4.23. The van der Waals surface area contributed by atoms with E-state index in [1.54, 1.807) is 19.1 Å². The number of carbonyl (C=O) groups excluding carboxylic acids is 1. The van der Waals surface area contributed by atoms with Crippen LogP contribution in [0.2, 0.25) is 0 Å². The van der Waals surface area contributed by atoms with Crippen molar-refractivity contribution in [3.8, 4) is 0 Å². The maximum atomic E-state index is 13.2. The Morgan fingerprint density at radius 3 is 2.79 bits per heavy atom. The molecule has 0 saturated heterocycles. The molecular formula is C11H8FNO. The number of hydrogen-bond acceptors (Lipinski definition) is 2. The highest BCUT2D eigenvalue weighted by Gasteiger charge is 2.06. The minimum Gasteiger partial charge on any atom is -0.296 e. The molecule has 1 aromatic carbocycles. The molecule has 2 rings (SSSR count). The summed E-state index contributed by atoms with van der Waals surface area (Å²) in [5, 5.41) is 1.43. The average molecular weight is 189 g/mol. The largest absolute Gasteiger partial charge is 0.296 e. The normalized spacial score (nSPS) is 10.4. The number of fused-ring (bicyclic) bond motifs is 1. The first-order valence-electron chi connectivity index (χ1n) is 4.23. The van der Waals surface area contributed by atoms with Crippen LogP contribution in [-0.4, -0.2) is 11.3 Å². The molecule has 0 amide bonds. The molecule has 0 spiro atoms. The van der Waals surface area contributed by atoms with E-state index in [1.165, 1.54) is 12.3 Å². The molecule has 2 nitrogen and oxygen atoms in total. The molecular weight excluding hydrogens is 181 g/mol. The van der Waals surface area contributed by atoms with Gasteiger partial charge in [0.15, 0.2) is 6.29 Å². The van der Waals surface area contributed by atoms with E-state index in [4.69, 9.17) is 0 Å². The van der Waals surface area contributed by atoms with Crippen LogP contribution in [0.15, 0.2) is 24.4 Å². The van der Waals surface area contributed by atoms with Crippen LogP contribution in [0.4, 0.5) is 4.39 Å². The predicted molar refractivity (Wildman–Crippen MR) is 51.8 cm³/mol. The molecule has 0 saturated carbocycles. The number of hydrogen-bond donors (Lipinski definition) is 0. The lowest BCUT2D eigenvalue weighted by atomic mass is 10.1. The second kappa shape index (κ2) is 3.18. The van der Waals surface area contributed by atoms with E-state index in [2.05, 4.69) is 4.98 Å². The van der Waals surface area contributed by atoms with Crippen molar-refractivity contribution in [1.29, 1.82) is 0 Å².